The van der Waals surface area contributed by atoms with Crippen LogP contribution in [-0.4, -0.2) is 18.4 Å². The number of rotatable bonds is 6. The van der Waals surface area contributed by atoms with E-state index in [0.717, 1.165) is 0 Å². The second-order valence-corrected chi connectivity index (χ2v) is 6.22. The maximum atomic E-state index is 13.2. The first-order valence-electron chi connectivity index (χ1n) is 8.11. The van der Waals surface area contributed by atoms with Gasteiger partial charge in [0.25, 0.3) is 0 Å². The van der Waals surface area contributed by atoms with Crippen molar-refractivity contribution < 1.29 is 18.7 Å². The van der Waals surface area contributed by atoms with Gasteiger partial charge in [0.05, 0.1) is 5.57 Å². The standard InChI is InChI=1S/C21H16ClFN2O3/c1-13(25)19(11-24)20(26)12-28-21(27)18(15-4-8-17(23)9-5-15)10-14-2-6-16(22)7-3-14/h2-10H,12,25H2,1H3/b18-10+,19-13-. The van der Waals surface area contributed by atoms with Crippen LogP contribution >= 0.6 is 11.6 Å². The molecule has 2 N–H and O–H groups in total. The molecule has 0 atom stereocenters. The lowest BCUT2D eigenvalue weighted by Gasteiger charge is -2.09. The fourth-order valence-electron chi connectivity index (χ4n) is 2.27. The Hall–Kier alpha value is -3.43. The highest BCUT2D eigenvalue weighted by atomic mass is 35.5. The van der Waals surface area contributed by atoms with Crippen molar-refractivity contribution in [3.8, 4) is 6.07 Å². The SMILES string of the molecule is C/C(N)=C(\C#N)C(=O)COC(=O)/C(=C/c1ccc(Cl)cc1)c1ccc(F)cc1. The van der Waals surface area contributed by atoms with E-state index in [9.17, 15) is 14.0 Å². The number of halogens is 2. The molecule has 0 saturated carbocycles. The number of nitrogens with two attached hydrogens (primary N) is 1. The van der Waals surface area contributed by atoms with Crippen LogP contribution in [0.2, 0.25) is 5.02 Å². The number of esters is 1. The molecular formula is C21H16ClFN2O3. The molecule has 2 aromatic rings. The number of carbonyl (C=O) groups is 2. The van der Waals surface area contributed by atoms with Gasteiger partial charge in [0, 0.05) is 10.7 Å². The number of ether oxygens (including phenoxy) is 1. The van der Waals surface area contributed by atoms with Gasteiger partial charge in [-0.3, -0.25) is 4.79 Å². The lowest BCUT2D eigenvalue weighted by Crippen LogP contribution is -2.18. The van der Waals surface area contributed by atoms with E-state index in [1.165, 1.54) is 37.3 Å². The molecule has 0 bridgehead atoms. The van der Waals surface area contributed by atoms with Crippen molar-refractivity contribution in [2.75, 3.05) is 6.61 Å². The Bertz CT molecular complexity index is 984. The van der Waals surface area contributed by atoms with Crippen molar-refractivity contribution in [1.82, 2.24) is 0 Å². The molecule has 5 nitrogen and oxygen atoms in total. The fraction of sp³-hybridized carbons (Fsp3) is 0.0952. The fourth-order valence-corrected chi connectivity index (χ4v) is 2.39. The van der Waals surface area contributed by atoms with Crippen LogP contribution in [0.5, 0.6) is 0 Å². The lowest BCUT2D eigenvalue weighted by atomic mass is 10.0. The quantitative estimate of drug-likeness (QED) is 0.345. The normalized spacial score (nSPS) is 12.0. The summed E-state index contributed by atoms with van der Waals surface area (Å²) in [6, 6.07) is 13.6. The van der Waals surface area contributed by atoms with Gasteiger partial charge in [-0.1, -0.05) is 35.9 Å². The Kier molecular flexibility index (Phi) is 7.08. The zero-order chi connectivity index (χ0) is 20.7. The van der Waals surface area contributed by atoms with Crippen LogP contribution in [0.4, 0.5) is 4.39 Å². The van der Waals surface area contributed by atoms with Gasteiger partial charge in [-0.15, -0.1) is 0 Å². The van der Waals surface area contributed by atoms with Gasteiger partial charge in [0.2, 0.25) is 5.78 Å². The predicted molar refractivity (Wildman–Crippen MR) is 104 cm³/mol. The number of ketones is 1. The van der Waals surface area contributed by atoms with Crippen molar-refractivity contribution >= 4 is 35.0 Å². The minimum Gasteiger partial charge on any atom is -0.454 e. The highest BCUT2D eigenvalue weighted by molar-refractivity contribution is 6.30. The molecule has 0 amide bonds. The molecule has 0 spiro atoms. The van der Waals surface area contributed by atoms with E-state index in [0.29, 0.717) is 16.1 Å². The van der Waals surface area contributed by atoms with Gasteiger partial charge >= 0.3 is 5.97 Å². The maximum absolute atomic E-state index is 13.2. The van der Waals surface area contributed by atoms with Gasteiger partial charge in [0.15, 0.2) is 6.61 Å². The van der Waals surface area contributed by atoms with Crippen molar-refractivity contribution in [3.05, 3.63) is 81.8 Å². The predicted octanol–water partition coefficient (Wildman–Crippen LogP) is 3.89. The molecule has 0 aromatic heterocycles. The number of hydrogen-bond donors (Lipinski definition) is 1. The monoisotopic (exact) mass is 398 g/mol. The molecule has 142 valence electrons. The van der Waals surface area contributed by atoms with Crippen LogP contribution in [0.1, 0.15) is 18.1 Å². The second-order valence-electron chi connectivity index (χ2n) is 5.79. The van der Waals surface area contributed by atoms with Gasteiger partial charge in [-0.2, -0.15) is 5.26 Å². The van der Waals surface area contributed by atoms with Crippen LogP contribution in [0.25, 0.3) is 11.6 Å². The molecule has 7 heteroatoms. The Morgan fingerprint density at radius 1 is 1.18 bits per heavy atom. The topological polar surface area (TPSA) is 93.2 Å². The Morgan fingerprint density at radius 2 is 1.79 bits per heavy atom. The number of hydrogen-bond acceptors (Lipinski definition) is 5. The summed E-state index contributed by atoms with van der Waals surface area (Å²) in [7, 11) is 0. The molecule has 2 aromatic carbocycles. The smallest absolute Gasteiger partial charge is 0.339 e. The van der Waals surface area contributed by atoms with Gasteiger partial charge in [0.1, 0.15) is 17.5 Å². The zero-order valence-electron chi connectivity index (χ0n) is 14.9. The molecule has 0 saturated heterocycles. The van der Waals surface area contributed by atoms with Crippen LogP contribution in [0.3, 0.4) is 0 Å². The summed E-state index contributed by atoms with van der Waals surface area (Å²) in [5.74, 6) is -1.97. The largest absolute Gasteiger partial charge is 0.454 e. The van der Waals surface area contributed by atoms with Crippen LogP contribution in [0.15, 0.2) is 59.8 Å². The molecule has 0 radical (unpaired) electrons. The third kappa shape index (κ3) is 5.53. The summed E-state index contributed by atoms with van der Waals surface area (Å²) in [6.07, 6.45) is 1.53. The van der Waals surface area contributed by atoms with E-state index in [1.807, 2.05) is 0 Å². The Labute approximate surface area is 166 Å². The van der Waals surface area contributed by atoms with Gasteiger partial charge < -0.3 is 10.5 Å². The van der Waals surface area contributed by atoms with Crippen LogP contribution in [-0.2, 0) is 14.3 Å². The van der Waals surface area contributed by atoms with E-state index in [-0.39, 0.29) is 16.8 Å². The van der Waals surface area contributed by atoms with E-state index in [2.05, 4.69) is 0 Å². The number of carbonyl (C=O) groups excluding carboxylic acids is 2. The molecule has 28 heavy (non-hydrogen) atoms. The molecule has 0 aliphatic rings. The minimum atomic E-state index is -0.804. The maximum Gasteiger partial charge on any atom is 0.339 e. The van der Waals surface area contributed by atoms with Crippen molar-refractivity contribution in [2.45, 2.75) is 6.92 Å². The molecule has 0 aliphatic carbocycles. The van der Waals surface area contributed by atoms with E-state index >= 15 is 0 Å². The first kappa shape index (κ1) is 20.9. The van der Waals surface area contributed by atoms with E-state index in [1.54, 1.807) is 30.3 Å². The van der Waals surface area contributed by atoms with Gasteiger partial charge in [-0.05, 0) is 48.4 Å². The van der Waals surface area contributed by atoms with Crippen LogP contribution < -0.4 is 5.73 Å². The molecule has 0 heterocycles. The first-order valence-corrected chi connectivity index (χ1v) is 8.49. The zero-order valence-corrected chi connectivity index (χ0v) is 15.7. The Balaban J connectivity index is 2.31. The summed E-state index contributed by atoms with van der Waals surface area (Å²) < 4.78 is 18.3. The number of benzene rings is 2. The summed E-state index contributed by atoms with van der Waals surface area (Å²) in [4.78, 5) is 24.6. The molecular weight excluding hydrogens is 383 g/mol. The molecule has 2 rings (SSSR count). The molecule has 0 unspecified atom stereocenters. The van der Waals surface area contributed by atoms with Crippen molar-refractivity contribution in [2.24, 2.45) is 5.73 Å². The minimum absolute atomic E-state index is 0.0408. The second kappa shape index (κ2) is 9.49. The van der Waals surface area contributed by atoms with Crippen LogP contribution in [0, 0.1) is 17.1 Å². The average Bonchev–Trinajstić information content (AvgIpc) is 2.67. The van der Waals surface area contributed by atoms with E-state index < -0.39 is 24.2 Å². The number of allylic oxidation sites excluding steroid dienone is 1. The first-order chi connectivity index (χ1) is 13.3. The number of nitriles is 1. The highest BCUT2D eigenvalue weighted by Crippen LogP contribution is 2.22. The molecule has 0 aliphatic heterocycles. The number of Topliss-reactive ketones (excluding diaryl/α,β-unsaturated/α-hetero) is 1. The van der Waals surface area contributed by atoms with Gasteiger partial charge in [-0.25, -0.2) is 9.18 Å². The molecule has 0 fully saturated rings. The summed E-state index contributed by atoms with van der Waals surface area (Å²) >= 11 is 5.87. The lowest BCUT2D eigenvalue weighted by molar-refractivity contribution is -0.140. The van der Waals surface area contributed by atoms with E-state index in [4.69, 9.17) is 27.3 Å². The summed E-state index contributed by atoms with van der Waals surface area (Å²) in [6.45, 7) is 0.762. The summed E-state index contributed by atoms with van der Waals surface area (Å²) in [5, 5.41) is 9.48. The highest BCUT2D eigenvalue weighted by Gasteiger charge is 2.18. The number of nitrogens with zero attached hydrogens (tertiary/aromatic N) is 1. The summed E-state index contributed by atoms with van der Waals surface area (Å²) in [5.41, 5.74) is 6.42. The third-order valence-corrected chi connectivity index (χ3v) is 3.93. The Morgan fingerprint density at radius 3 is 2.32 bits per heavy atom. The van der Waals surface area contributed by atoms with Crippen molar-refractivity contribution in [1.29, 1.82) is 5.26 Å². The van der Waals surface area contributed by atoms with Crippen molar-refractivity contribution in [3.63, 3.8) is 0 Å². The third-order valence-electron chi connectivity index (χ3n) is 3.68. The average molecular weight is 399 g/mol.